The van der Waals surface area contributed by atoms with Crippen LogP contribution in [0.2, 0.25) is 0 Å². The third kappa shape index (κ3) is 4.32. The Morgan fingerprint density at radius 1 is 1.29 bits per heavy atom. The predicted octanol–water partition coefficient (Wildman–Crippen LogP) is 3.84. The van der Waals surface area contributed by atoms with Crippen LogP contribution in [-0.4, -0.2) is 13.2 Å². The monoisotopic (exact) mass is 299 g/mol. The molecule has 1 rings (SSSR count). The summed E-state index contributed by atoms with van der Waals surface area (Å²) in [7, 11) is 0. The second-order valence-electron chi connectivity index (χ2n) is 5.07. The molecule has 0 radical (unpaired) electrons. The predicted molar refractivity (Wildman–Crippen MR) is 76.3 cm³/mol. The Bertz CT molecular complexity index is 337. The summed E-state index contributed by atoms with van der Waals surface area (Å²) in [6.45, 7) is 8.07. The Balaban J connectivity index is 2.44. The minimum absolute atomic E-state index is 0.162. The van der Waals surface area contributed by atoms with Crippen LogP contribution >= 0.6 is 15.9 Å². The summed E-state index contributed by atoms with van der Waals surface area (Å²) in [5.74, 6) is 1.48. The van der Waals surface area contributed by atoms with Crippen LogP contribution in [0.1, 0.15) is 27.2 Å². The molecule has 0 aromatic heterocycles. The lowest BCUT2D eigenvalue weighted by Gasteiger charge is -2.32. The van der Waals surface area contributed by atoms with Gasteiger partial charge in [0.1, 0.15) is 5.75 Å². The molecule has 0 aliphatic rings. The molecule has 2 nitrogen and oxygen atoms in total. The number of nitrogens with two attached hydrogens (primary N) is 1. The fourth-order valence-corrected chi connectivity index (χ4v) is 1.82. The maximum Gasteiger partial charge on any atom is 0.119 e. The van der Waals surface area contributed by atoms with Gasteiger partial charge in [0.2, 0.25) is 0 Å². The molecule has 1 atom stereocenters. The van der Waals surface area contributed by atoms with Crippen LogP contribution in [0.3, 0.4) is 0 Å². The summed E-state index contributed by atoms with van der Waals surface area (Å²) in [4.78, 5) is 0. The van der Waals surface area contributed by atoms with Crippen molar-refractivity contribution in [3.8, 4) is 5.75 Å². The van der Waals surface area contributed by atoms with E-state index in [2.05, 4.69) is 36.7 Å². The van der Waals surface area contributed by atoms with Gasteiger partial charge in [-0.05, 0) is 48.6 Å². The van der Waals surface area contributed by atoms with E-state index in [-0.39, 0.29) is 5.41 Å². The van der Waals surface area contributed by atoms with Gasteiger partial charge < -0.3 is 10.5 Å². The Hall–Kier alpha value is -0.540. The molecule has 3 heteroatoms. The van der Waals surface area contributed by atoms with Crippen molar-refractivity contribution in [1.82, 2.24) is 0 Å². The molecular weight excluding hydrogens is 278 g/mol. The first-order chi connectivity index (χ1) is 7.98. The summed E-state index contributed by atoms with van der Waals surface area (Å²) in [6, 6.07) is 7.91. The van der Waals surface area contributed by atoms with Crippen LogP contribution in [0.4, 0.5) is 0 Å². The van der Waals surface area contributed by atoms with Crippen molar-refractivity contribution in [3.05, 3.63) is 28.7 Å². The lowest BCUT2D eigenvalue weighted by atomic mass is 9.77. The van der Waals surface area contributed by atoms with E-state index in [9.17, 15) is 0 Å². The first-order valence-electron chi connectivity index (χ1n) is 6.06. The van der Waals surface area contributed by atoms with E-state index in [1.54, 1.807) is 0 Å². The van der Waals surface area contributed by atoms with Crippen molar-refractivity contribution in [2.75, 3.05) is 13.2 Å². The average Bonchev–Trinajstić information content (AvgIpc) is 2.31. The van der Waals surface area contributed by atoms with E-state index >= 15 is 0 Å². The van der Waals surface area contributed by atoms with Gasteiger partial charge in [0.05, 0.1) is 6.61 Å². The smallest absolute Gasteiger partial charge is 0.119 e. The second-order valence-corrected chi connectivity index (χ2v) is 5.98. The van der Waals surface area contributed by atoms with E-state index in [0.29, 0.717) is 19.1 Å². The van der Waals surface area contributed by atoms with E-state index in [1.165, 1.54) is 0 Å². The van der Waals surface area contributed by atoms with E-state index < -0.39 is 0 Å². The SMILES string of the molecule is CC(C)C(C)(CN)CCOc1ccc(Br)cc1. The van der Waals surface area contributed by atoms with Crippen molar-refractivity contribution >= 4 is 15.9 Å². The molecule has 0 heterocycles. The highest BCUT2D eigenvalue weighted by atomic mass is 79.9. The van der Waals surface area contributed by atoms with Crippen LogP contribution in [0, 0.1) is 11.3 Å². The molecule has 1 aromatic rings. The van der Waals surface area contributed by atoms with Gasteiger partial charge in [-0.15, -0.1) is 0 Å². The summed E-state index contributed by atoms with van der Waals surface area (Å²) >= 11 is 3.40. The quantitative estimate of drug-likeness (QED) is 0.866. The zero-order valence-corrected chi connectivity index (χ0v) is 12.5. The fraction of sp³-hybridized carbons (Fsp3) is 0.571. The number of ether oxygens (including phenoxy) is 1. The molecule has 0 aliphatic carbocycles. The molecule has 0 fully saturated rings. The molecule has 0 saturated carbocycles. The van der Waals surface area contributed by atoms with Crippen LogP contribution in [-0.2, 0) is 0 Å². The standard InChI is InChI=1S/C14H22BrNO/c1-11(2)14(3,10-16)8-9-17-13-6-4-12(15)5-7-13/h4-7,11H,8-10,16H2,1-3H3. The molecule has 0 bridgehead atoms. The van der Waals surface area contributed by atoms with Gasteiger partial charge in [0.25, 0.3) is 0 Å². The van der Waals surface area contributed by atoms with E-state index in [4.69, 9.17) is 10.5 Å². The molecule has 0 amide bonds. The van der Waals surface area contributed by atoms with Gasteiger partial charge in [-0.1, -0.05) is 36.7 Å². The molecule has 2 N–H and O–H groups in total. The second kappa shape index (κ2) is 6.41. The minimum atomic E-state index is 0.162. The van der Waals surface area contributed by atoms with E-state index in [1.807, 2.05) is 24.3 Å². The molecule has 0 aliphatic heterocycles. The normalized spacial score (nSPS) is 14.7. The third-order valence-electron chi connectivity index (χ3n) is 3.62. The van der Waals surface area contributed by atoms with Crippen molar-refractivity contribution < 1.29 is 4.74 Å². The Kier molecular flexibility index (Phi) is 5.47. The lowest BCUT2D eigenvalue weighted by Crippen LogP contribution is -2.34. The highest BCUT2D eigenvalue weighted by molar-refractivity contribution is 9.10. The molecular formula is C14H22BrNO. The van der Waals surface area contributed by atoms with Gasteiger partial charge in [-0.3, -0.25) is 0 Å². The topological polar surface area (TPSA) is 35.2 Å². The maximum absolute atomic E-state index is 5.85. The highest BCUT2D eigenvalue weighted by Gasteiger charge is 2.26. The van der Waals surface area contributed by atoms with Crippen LogP contribution in [0.5, 0.6) is 5.75 Å². The van der Waals surface area contributed by atoms with Gasteiger partial charge in [-0.2, -0.15) is 0 Å². The minimum Gasteiger partial charge on any atom is -0.494 e. The van der Waals surface area contributed by atoms with Gasteiger partial charge >= 0.3 is 0 Å². The van der Waals surface area contributed by atoms with Crippen LogP contribution in [0.15, 0.2) is 28.7 Å². The number of benzene rings is 1. The number of rotatable bonds is 6. The molecule has 17 heavy (non-hydrogen) atoms. The third-order valence-corrected chi connectivity index (χ3v) is 4.14. The van der Waals surface area contributed by atoms with Crippen molar-refractivity contribution in [3.63, 3.8) is 0 Å². The summed E-state index contributed by atoms with van der Waals surface area (Å²) in [5.41, 5.74) is 6.01. The Morgan fingerprint density at radius 3 is 2.35 bits per heavy atom. The maximum atomic E-state index is 5.85. The Labute approximate surface area is 113 Å². The van der Waals surface area contributed by atoms with Crippen LogP contribution < -0.4 is 10.5 Å². The van der Waals surface area contributed by atoms with Crippen molar-refractivity contribution in [1.29, 1.82) is 0 Å². The zero-order valence-electron chi connectivity index (χ0n) is 10.9. The highest BCUT2D eigenvalue weighted by Crippen LogP contribution is 2.29. The molecule has 1 unspecified atom stereocenters. The number of halogens is 1. The van der Waals surface area contributed by atoms with Gasteiger partial charge in [0, 0.05) is 4.47 Å². The molecule has 0 saturated heterocycles. The zero-order chi connectivity index (χ0) is 12.9. The largest absolute Gasteiger partial charge is 0.494 e. The average molecular weight is 300 g/mol. The Morgan fingerprint density at radius 2 is 1.88 bits per heavy atom. The molecule has 96 valence electrons. The first kappa shape index (κ1) is 14.5. The summed E-state index contributed by atoms with van der Waals surface area (Å²) in [5, 5.41) is 0. The number of hydrogen-bond acceptors (Lipinski definition) is 2. The van der Waals surface area contributed by atoms with E-state index in [0.717, 1.165) is 16.6 Å². The van der Waals surface area contributed by atoms with Gasteiger partial charge in [0.15, 0.2) is 0 Å². The summed E-state index contributed by atoms with van der Waals surface area (Å²) < 4.78 is 6.80. The lowest BCUT2D eigenvalue weighted by molar-refractivity contribution is 0.162. The first-order valence-corrected chi connectivity index (χ1v) is 6.85. The number of hydrogen-bond donors (Lipinski definition) is 1. The van der Waals surface area contributed by atoms with Crippen molar-refractivity contribution in [2.45, 2.75) is 27.2 Å². The molecule has 0 spiro atoms. The molecule has 1 aromatic carbocycles. The van der Waals surface area contributed by atoms with Crippen LogP contribution in [0.25, 0.3) is 0 Å². The fourth-order valence-electron chi connectivity index (χ4n) is 1.56. The van der Waals surface area contributed by atoms with Crippen molar-refractivity contribution in [2.24, 2.45) is 17.1 Å². The van der Waals surface area contributed by atoms with Gasteiger partial charge in [-0.25, -0.2) is 0 Å². The summed E-state index contributed by atoms with van der Waals surface area (Å²) in [6.07, 6.45) is 0.983.